The van der Waals surface area contributed by atoms with Gasteiger partial charge >= 0.3 is 0 Å². The van der Waals surface area contributed by atoms with Crippen molar-refractivity contribution in [3.05, 3.63) is 29.8 Å². The summed E-state index contributed by atoms with van der Waals surface area (Å²) < 4.78 is 11.2. The van der Waals surface area contributed by atoms with Crippen LogP contribution in [0, 0.1) is 5.92 Å². The Bertz CT molecular complexity index is 506. The number of hydrogen-bond donors (Lipinski definition) is 1. The van der Waals surface area contributed by atoms with Gasteiger partial charge in [-0.05, 0) is 12.6 Å². The third-order valence-corrected chi connectivity index (χ3v) is 4.13. The Morgan fingerprint density at radius 1 is 1.38 bits per heavy atom. The topological polar surface area (TPSA) is 50.8 Å². The van der Waals surface area contributed by atoms with Crippen molar-refractivity contribution < 1.29 is 14.3 Å². The van der Waals surface area contributed by atoms with Crippen molar-refractivity contribution in [1.82, 2.24) is 10.2 Å². The molecular formula is C16H22N2O3. The lowest BCUT2D eigenvalue weighted by molar-refractivity contribution is -0.136. The molecule has 114 valence electrons. The van der Waals surface area contributed by atoms with Crippen molar-refractivity contribution in [3.8, 4) is 5.75 Å². The molecule has 2 aliphatic heterocycles. The van der Waals surface area contributed by atoms with Crippen LogP contribution < -0.4 is 10.1 Å². The number of likely N-dealkylation sites (N-methyl/N-ethyl adjacent to an activating group) is 1. The van der Waals surface area contributed by atoms with Gasteiger partial charge < -0.3 is 19.7 Å². The smallest absolute Gasteiger partial charge is 0.230 e. The first-order valence-electron chi connectivity index (χ1n) is 7.60. The quantitative estimate of drug-likeness (QED) is 0.903. The summed E-state index contributed by atoms with van der Waals surface area (Å²) in [5.74, 6) is 0.965. The molecule has 21 heavy (non-hydrogen) atoms. The highest BCUT2D eigenvalue weighted by molar-refractivity contribution is 5.80. The maximum absolute atomic E-state index is 12.8. The maximum atomic E-state index is 12.8. The van der Waals surface area contributed by atoms with Crippen LogP contribution in [0.15, 0.2) is 24.3 Å². The lowest BCUT2D eigenvalue weighted by atomic mass is 10.0. The van der Waals surface area contributed by atoms with Crippen molar-refractivity contribution in [2.75, 3.05) is 32.9 Å². The summed E-state index contributed by atoms with van der Waals surface area (Å²) in [6.07, 6.45) is 0. The summed E-state index contributed by atoms with van der Waals surface area (Å²) in [4.78, 5) is 14.7. The van der Waals surface area contributed by atoms with Crippen molar-refractivity contribution >= 4 is 5.91 Å². The van der Waals surface area contributed by atoms with Crippen LogP contribution in [0.3, 0.4) is 0 Å². The SMILES string of the molecule is CCNC1COCC1C(=O)N1CCOc2ccccc2C1. The van der Waals surface area contributed by atoms with E-state index in [1.807, 2.05) is 29.2 Å². The number of ether oxygens (including phenoxy) is 2. The minimum absolute atomic E-state index is 0.0878. The number of amides is 1. The number of fused-ring (bicyclic) bond motifs is 1. The number of nitrogens with zero attached hydrogens (tertiary/aromatic N) is 1. The zero-order valence-corrected chi connectivity index (χ0v) is 12.4. The number of benzene rings is 1. The van der Waals surface area contributed by atoms with Crippen LogP contribution in [0.25, 0.3) is 0 Å². The predicted octanol–water partition coefficient (Wildman–Crippen LogP) is 1.03. The summed E-state index contributed by atoms with van der Waals surface area (Å²) in [6.45, 7) is 5.82. The van der Waals surface area contributed by atoms with Crippen LogP contribution in [0.2, 0.25) is 0 Å². The molecule has 0 aromatic heterocycles. The molecule has 1 aromatic carbocycles. The van der Waals surface area contributed by atoms with E-state index in [2.05, 4.69) is 12.2 Å². The summed E-state index contributed by atoms with van der Waals surface area (Å²) in [5.41, 5.74) is 1.07. The Hall–Kier alpha value is -1.59. The Labute approximate surface area is 125 Å². The number of carbonyl (C=O) groups is 1. The minimum atomic E-state index is -0.0878. The van der Waals surface area contributed by atoms with E-state index in [1.54, 1.807) is 0 Å². The second kappa shape index (κ2) is 6.45. The molecule has 2 heterocycles. The van der Waals surface area contributed by atoms with Gasteiger partial charge in [0.1, 0.15) is 12.4 Å². The Morgan fingerprint density at radius 2 is 2.24 bits per heavy atom. The van der Waals surface area contributed by atoms with Gasteiger partial charge in [-0.2, -0.15) is 0 Å². The highest BCUT2D eigenvalue weighted by Crippen LogP contribution is 2.25. The molecule has 5 heteroatoms. The number of carbonyl (C=O) groups excluding carboxylic acids is 1. The van der Waals surface area contributed by atoms with Crippen molar-refractivity contribution in [3.63, 3.8) is 0 Å². The summed E-state index contributed by atoms with van der Waals surface area (Å²) in [6, 6.07) is 8.05. The summed E-state index contributed by atoms with van der Waals surface area (Å²) in [5, 5.41) is 3.35. The summed E-state index contributed by atoms with van der Waals surface area (Å²) in [7, 11) is 0. The van der Waals surface area contributed by atoms with Crippen molar-refractivity contribution in [1.29, 1.82) is 0 Å². The third kappa shape index (κ3) is 3.04. The molecule has 2 atom stereocenters. The van der Waals surface area contributed by atoms with Crippen LogP contribution in [0.1, 0.15) is 12.5 Å². The molecule has 0 radical (unpaired) electrons. The fraction of sp³-hybridized carbons (Fsp3) is 0.562. The first kappa shape index (κ1) is 14.4. The molecule has 1 aromatic rings. The monoisotopic (exact) mass is 290 g/mol. The van der Waals surface area contributed by atoms with Gasteiger partial charge in [-0.25, -0.2) is 0 Å². The van der Waals surface area contributed by atoms with E-state index in [1.165, 1.54) is 0 Å². The van der Waals surface area contributed by atoms with E-state index in [9.17, 15) is 4.79 Å². The van der Waals surface area contributed by atoms with Crippen LogP contribution in [0.5, 0.6) is 5.75 Å². The fourth-order valence-corrected chi connectivity index (χ4v) is 3.01. The van der Waals surface area contributed by atoms with Gasteiger partial charge in [-0.1, -0.05) is 25.1 Å². The molecule has 2 aliphatic rings. The molecular weight excluding hydrogens is 268 g/mol. The fourth-order valence-electron chi connectivity index (χ4n) is 3.01. The molecule has 1 amide bonds. The zero-order valence-electron chi connectivity index (χ0n) is 12.4. The Balaban J connectivity index is 1.73. The predicted molar refractivity (Wildman–Crippen MR) is 79.1 cm³/mol. The van der Waals surface area contributed by atoms with Crippen LogP contribution in [0.4, 0.5) is 0 Å². The number of rotatable bonds is 3. The lowest BCUT2D eigenvalue weighted by Crippen LogP contribution is -2.46. The van der Waals surface area contributed by atoms with Gasteiger partial charge in [0.25, 0.3) is 0 Å². The van der Waals surface area contributed by atoms with Gasteiger partial charge in [0, 0.05) is 18.2 Å². The molecule has 2 unspecified atom stereocenters. The van der Waals surface area contributed by atoms with E-state index in [0.29, 0.717) is 32.9 Å². The standard InChI is InChI=1S/C16H22N2O3/c1-2-17-14-11-20-10-13(14)16(19)18-7-8-21-15-6-4-3-5-12(15)9-18/h3-6,13-14,17H,2,7-11H2,1H3. The highest BCUT2D eigenvalue weighted by Gasteiger charge is 2.36. The van der Waals surface area contributed by atoms with E-state index < -0.39 is 0 Å². The Kier molecular flexibility index (Phi) is 4.41. The zero-order chi connectivity index (χ0) is 14.7. The van der Waals surface area contributed by atoms with E-state index in [0.717, 1.165) is 17.9 Å². The van der Waals surface area contributed by atoms with Gasteiger partial charge in [-0.3, -0.25) is 4.79 Å². The average molecular weight is 290 g/mol. The van der Waals surface area contributed by atoms with Gasteiger partial charge in [0.2, 0.25) is 5.91 Å². The van der Waals surface area contributed by atoms with Crippen LogP contribution in [-0.4, -0.2) is 49.8 Å². The molecule has 0 saturated carbocycles. The summed E-state index contributed by atoms with van der Waals surface area (Å²) >= 11 is 0. The number of hydrogen-bond acceptors (Lipinski definition) is 4. The highest BCUT2D eigenvalue weighted by atomic mass is 16.5. The van der Waals surface area contributed by atoms with E-state index in [-0.39, 0.29) is 17.9 Å². The largest absolute Gasteiger partial charge is 0.491 e. The molecule has 1 fully saturated rings. The normalized spacial score (nSPS) is 25.1. The molecule has 3 rings (SSSR count). The molecule has 0 bridgehead atoms. The number of nitrogens with one attached hydrogen (secondary N) is 1. The van der Waals surface area contributed by atoms with E-state index >= 15 is 0 Å². The van der Waals surface area contributed by atoms with Gasteiger partial charge in [0.15, 0.2) is 0 Å². The molecule has 1 N–H and O–H groups in total. The molecule has 0 spiro atoms. The Morgan fingerprint density at radius 3 is 3.10 bits per heavy atom. The lowest BCUT2D eigenvalue weighted by Gasteiger charge is -2.26. The third-order valence-electron chi connectivity index (χ3n) is 4.13. The van der Waals surface area contributed by atoms with Crippen molar-refractivity contribution in [2.45, 2.75) is 19.5 Å². The van der Waals surface area contributed by atoms with Crippen LogP contribution in [-0.2, 0) is 16.1 Å². The second-order valence-electron chi connectivity index (χ2n) is 5.52. The second-order valence-corrected chi connectivity index (χ2v) is 5.52. The van der Waals surface area contributed by atoms with Gasteiger partial charge in [0.05, 0.1) is 25.7 Å². The molecule has 5 nitrogen and oxygen atoms in total. The molecule has 1 saturated heterocycles. The van der Waals surface area contributed by atoms with E-state index in [4.69, 9.17) is 9.47 Å². The van der Waals surface area contributed by atoms with Crippen molar-refractivity contribution in [2.24, 2.45) is 5.92 Å². The first-order valence-corrected chi connectivity index (χ1v) is 7.60. The number of para-hydroxylation sites is 1. The maximum Gasteiger partial charge on any atom is 0.230 e. The van der Waals surface area contributed by atoms with Gasteiger partial charge in [-0.15, -0.1) is 0 Å². The minimum Gasteiger partial charge on any atom is -0.491 e. The molecule has 0 aliphatic carbocycles. The van der Waals surface area contributed by atoms with Crippen LogP contribution >= 0.6 is 0 Å². The average Bonchev–Trinajstić information content (AvgIpc) is 2.84. The first-order chi connectivity index (χ1) is 10.3.